The first-order valence-corrected chi connectivity index (χ1v) is 7.04. The summed E-state index contributed by atoms with van der Waals surface area (Å²) in [6, 6.07) is 5.92. The number of carboxylic acids is 1. The van der Waals surface area contributed by atoms with Gasteiger partial charge in [-0.3, -0.25) is 4.79 Å². The SMILES string of the molecule is O=C(O)C1CCc2cc(-c3cnc(C4CC4)o3)ccc21. The van der Waals surface area contributed by atoms with E-state index in [1.807, 2.05) is 12.1 Å². The Bertz CT molecular complexity index is 685. The van der Waals surface area contributed by atoms with E-state index in [-0.39, 0.29) is 5.92 Å². The van der Waals surface area contributed by atoms with Crippen molar-refractivity contribution in [3.05, 3.63) is 41.4 Å². The molecule has 1 N–H and O–H groups in total. The van der Waals surface area contributed by atoms with E-state index in [2.05, 4.69) is 11.1 Å². The van der Waals surface area contributed by atoms with Crippen LogP contribution in [0.4, 0.5) is 0 Å². The summed E-state index contributed by atoms with van der Waals surface area (Å²) < 4.78 is 5.80. The Kier molecular flexibility index (Phi) is 2.46. The highest BCUT2D eigenvalue weighted by atomic mass is 16.4. The number of aryl methyl sites for hydroxylation is 1. The van der Waals surface area contributed by atoms with Crippen LogP contribution in [-0.4, -0.2) is 16.1 Å². The molecule has 2 aliphatic carbocycles. The highest BCUT2D eigenvalue weighted by Gasteiger charge is 2.30. The maximum Gasteiger partial charge on any atom is 0.310 e. The number of aliphatic carboxylic acids is 1. The predicted molar refractivity (Wildman–Crippen MR) is 72.6 cm³/mol. The number of aromatic nitrogens is 1. The first kappa shape index (κ1) is 11.7. The van der Waals surface area contributed by atoms with Gasteiger partial charge in [-0.05, 0) is 42.9 Å². The highest BCUT2D eigenvalue weighted by Crippen LogP contribution is 2.41. The summed E-state index contributed by atoms with van der Waals surface area (Å²) in [7, 11) is 0. The van der Waals surface area contributed by atoms with E-state index < -0.39 is 5.97 Å². The van der Waals surface area contributed by atoms with Crippen molar-refractivity contribution in [3.63, 3.8) is 0 Å². The lowest BCUT2D eigenvalue weighted by Gasteiger charge is -2.06. The number of carboxylic acid groups (broad SMARTS) is 1. The zero-order valence-corrected chi connectivity index (χ0v) is 11.0. The number of carbonyl (C=O) groups is 1. The topological polar surface area (TPSA) is 63.3 Å². The minimum absolute atomic E-state index is 0.351. The Morgan fingerprint density at radius 2 is 2.15 bits per heavy atom. The molecule has 0 bridgehead atoms. The monoisotopic (exact) mass is 269 g/mol. The van der Waals surface area contributed by atoms with Crippen molar-refractivity contribution >= 4 is 5.97 Å². The molecule has 0 spiro atoms. The van der Waals surface area contributed by atoms with Gasteiger partial charge in [0.2, 0.25) is 0 Å². The molecule has 1 fully saturated rings. The summed E-state index contributed by atoms with van der Waals surface area (Å²) >= 11 is 0. The largest absolute Gasteiger partial charge is 0.481 e. The van der Waals surface area contributed by atoms with Crippen molar-refractivity contribution in [2.45, 2.75) is 37.5 Å². The second-order valence-electron chi connectivity index (χ2n) is 5.68. The molecule has 1 heterocycles. The van der Waals surface area contributed by atoms with Gasteiger partial charge in [-0.25, -0.2) is 4.98 Å². The van der Waals surface area contributed by atoms with Crippen molar-refractivity contribution in [2.24, 2.45) is 0 Å². The third-order valence-corrected chi connectivity index (χ3v) is 4.25. The van der Waals surface area contributed by atoms with Crippen LogP contribution in [0.25, 0.3) is 11.3 Å². The first-order chi connectivity index (χ1) is 9.72. The molecule has 20 heavy (non-hydrogen) atoms. The van der Waals surface area contributed by atoms with E-state index in [1.54, 1.807) is 6.20 Å². The van der Waals surface area contributed by atoms with Crippen molar-refractivity contribution in [1.82, 2.24) is 4.98 Å². The maximum absolute atomic E-state index is 11.2. The third kappa shape index (κ3) is 1.83. The van der Waals surface area contributed by atoms with Gasteiger partial charge in [-0.1, -0.05) is 12.1 Å². The standard InChI is InChI=1S/C16H15NO3/c18-16(19)13-6-3-10-7-11(4-5-12(10)13)14-8-17-15(20-14)9-1-2-9/h4-5,7-9,13H,1-3,6H2,(H,18,19). The van der Waals surface area contributed by atoms with Gasteiger partial charge in [0, 0.05) is 11.5 Å². The molecule has 0 saturated heterocycles. The van der Waals surface area contributed by atoms with Crippen LogP contribution in [0.1, 0.15) is 48.1 Å². The average Bonchev–Trinajstić information content (AvgIpc) is 3.03. The summed E-state index contributed by atoms with van der Waals surface area (Å²) in [5.41, 5.74) is 3.07. The Morgan fingerprint density at radius 3 is 2.90 bits per heavy atom. The number of nitrogens with zero attached hydrogens (tertiary/aromatic N) is 1. The van der Waals surface area contributed by atoms with E-state index in [1.165, 1.54) is 12.8 Å². The minimum atomic E-state index is -0.729. The van der Waals surface area contributed by atoms with Gasteiger partial charge in [0.1, 0.15) is 0 Å². The van der Waals surface area contributed by atoms with E-state index >= 15 is 0 Å². The lowest BCUT2D eigenvalue weighted by molar-refractivity contribution is -0.138. The van der Waals surface area contributed by atoms with E-state index in [0.717, 1.165) is 34.8 Å². The normalized spacial score (nSPS) is 20.9. The summed E-state index contributed by atoms with van der Waals surface area (Å²) in [6.45, 7) is 0. The van der Waals surface area contributed by atoms with Crippen molar-refractivity contribution < 1.29 is 14.3 Å². The van der Waals surface area contributed by atoms with Crippen LogP contribution < -0.4 is 0 Å². The number of benzene rings is 1. The molecule has 102 valence electrons. The molecule has 1 unspecified atom stereocenters. The molecule has 0 aliphatic heterocycles. The van der Waals surface area contributed by atoms with Crippen LogP contribution in [0.15, 0.2) is 28.8 Å². The zero-order chi connectivity index (χ0) is 13.7. The molecule has 1 atom stereocenters. The Morgan fingerprint density at radius 1 is 1.30 bits per heavy atom. The van der Waals surface area contributed by atoms with Gasteiger partial charge in [-0.2, -0.15) is 0 Å². The Labute approximate surface area is 116 Å². The molecule has 1 aromatic carbocycles. The van der Waals surface area contributed by atoms with Gasteiger partial charge in [0.25, 0.3) is 0 Å². The Balaban J connectivity index is 1.68. The number of hydrogen-bond donors (Lipinski definition) is 1. The molecule has 4 nitrogen and oxygen atoms in total. The van der Waals surface area contributed by atoms with Crippen LogP contribution in [0, 0.1) is 0 Å². The zero-order valence-electron chi connectivity index (χ0n) is 11.0. The fraction of sp³-hybridized carbons (Fsp3) is 0.375. The lowest BCUT2D eigenvalue weighted by Crippen LogP contribution is -2.07. The van der Waals surface area contributed by atoms with Gasteiger partial charge >= 0.3 is 5.97 Å². The average molecular weight is 269 g/mol. The minimum Gasteiger partial charge on any atom is -0.481 e. The number of hydrogen-bond acceptors (Lipinski definition) is 3. The summed E-state index contributed by atoms with van der Waals surface area (Å²) in [5.74, 6) is 1.05. The van der Waals surface area contributed by atoms with E-state index in [9.17, 15) is 9.90 Å². The molecule has 2 aromatic rings. The van der Waals surface area contributed by atoms with Crippen LogP contribution in [0.5, 0.6) is 0 Å². The second kappa shape index (κ2) is 4.20. The van der Waals surface area contributed by atoms with Crippen LogP contribution in [0.2, 0.25) is 0 Å². The molecule has 0 radical (unpaired) electrons. The summed E-state index contributed by atoms with van der Waals surface area (Å²) in [5, 5.41) is 9.19. The smallest absolute Gasteiger partial charge is 0.310 e. The number of oxazole rings is 1. The van der Waals surface area contributed by atoms with Gasteiger partial charge < -0.3 is 9.52 Å². The molecule has 0 amide bonds. The second-order valence-corrected chi connectivity index (χ2v) is 5.68. The molecule has 4 heteroatoms. The van der Waals surface area contributed by atoms with Gasteiger partial charge in [0.05, 0.1) is 12.1 Å². The first-order valence-electron chi connectivity index (χ1n) is 7.04. The fourth-order valence-corrected chi connectivity index (χ4v) is 2.97. The summed E-state index contributed by atoms with van der Waals surface area (Å²) in [4.78, 5) is 15.5. The van der Waals surface area contributed by atoms with Crippen LogP contribution in [0.3, 0.4) is 0 Å². The lowest BCUT2D eigenvalue weighted by atomic mass is 9.99. The maximum atomic E-state index is 11.2. The van der Waals surface area contributed by atoms with Gasteiger partial charge in [0.15, 0.2) is 11.7 Å². The number of rotatable bonds is 3. The van der Waals surface area contributed by atoms with Gasteiger partial charge in [-0.15, -0.1) is 0 Å². The molecule has 1 aromatic heterocycles. The molecule has 1 saturated carbocycles. The molecule has 2 aliphatic rings. The van der Waals surface area contributed by atoms with E-state index in [0.29, 0.717) is 12.3 Å². The predicted octanol–water partition coefficient (Wildman–Crippen LogP) is 3.33. The fourth-order valence-electron chi connectivity index (χ4n) is 2.97. The quantitative estimate of drug-likeness (QED) is 0.928. The van der Waals surface area contributed by atoms with E-state index in [4.69, 9.17) is 4.42 Å². The van der Waals surface area contributed by atoms with Crippen molar-refractivity contribution in [1.29, 1.82) is 0 Å². The van der Waals surface area contributed by atoms with Crippen molar-refractivity contribution in [3.8, 4) is 11.3 Å². The van der Waals surface area contributed by atoms with Crippen molar-refractivity contribution in [2.75, 3.05) is 0 Å². The molecular weight excluding hydrogens is 254 g/mol. The molecular formula is C16H15NO3. The third-order valence-electron chi connectivity index (χ3n) is 4.25. The van der Waals surface area contributed by atoms with Crippen LogP contribution in [-0.2, 0) is 11.2 Å². The number of fused-ring (bicyclic) bond motifs is 1. The summed E-state index contributed by atoms with van der Waals surface area (Å²) in [6.07, 6.45) is 5.63. The molecule has 4 rings (SSSR count). The highest BCUT2D eigenvalue weighted by molar-refractivity contribution is 5.78. The Hall–Kier alpha value is -2.10. The van der Waals surface area contributed by atoms with Crippen LogP contribution >= 0.6 is 0 Å².